The van der Waals surface area contributed by atoms with Crippen LogP contribution in [0, 0.1) is 0 Å². The smallest absolute Gasteiger partial charge is 0.338 e. The third-order valence-corrected chi connectivity index (χ3v) is 6.62. The fourth-order valence-electron chi connectivity index (χ4n) is 3.88. The minimum atomic E-state index is -0.728. The molecule has 1 aliphatic rings. The Hall–Kier alpha value is -4.24. The van der Waals surface area contributed by atoms with Crippen molar-refractivity contribution in [2.45, 2.75) is 13.0 Å². The molecule has 0 amide bonds. The standard InChI is InChI=1S/C27H24N2O6S/c1-5-14-35-26(32)22-16(2)28-27-29(23(22)18-10-12-20(33-3)13-11-18)24(30)21(36-27)15-17-6-8-19(9-7-17)25(31)34-4/h5-13,15,23H,1,14H2,2-4H3/b21-15-. The Balaban J connectivity index is 1.86. The largest absolute Gasteiger partial charge is 0.497 e. The van der Waals surface area contributed by atoms with Crippen LogP contribution < -0.4 is 19.6 Å². The van der Waals surface area contributed by atoms with Gasteiger partial charge in [-0.05, 0) is 48.4 Å². The van der Waals surface area contributed by atoms with Crippen molar-refractivity contribution in [1.29, 1.82) is 0 Å². The Bertz CT molecular complexity index is 1530. The first kappa shape index (κ1) is 24.9. The lowest BCUT2D eigenvalue weighted by Crippen LogP contribution is -2.39. The molecule has 1 unspecified atom stereocenters. The third kappa shape index (κ3) is 4.78. The maximum absolute atomic E-state index is 13.6. The summed E-state index contributed by atoms with van der Waals surface area (Å²) in [6, 6.07) is 13.2. The lowest BCUT2D eigenvalue weighted by atomic mass is 9.96. The van der Waals surface area contributed by atoms with Crippen LogP contribution in [0.3, 0.4) is 0 Å². The number of aromatic nitrogens is 1. The Labute approximate surface area is 211 Å². The lowest BCUT2D eigenvalue weighted by molar-refractivity contribution is -0.138. The molecule has 0 N–H and O–H groups in total. The van der Waals surface area contributed by atoms with Gasteiger partial charge in [0.05, 0.1) is 41.6 Å². The van der Waals surface area contributed by atoms with Crippen LogP contribution in [0.2, 0.25) is 0 Å². The van der Waals surface area contributed by atoms with E-state index >= 15 is 0 Å². The molecule has 8 nitrogen and oxygen atoms in total. The van der Waals surface area contributed by atoms with Crippen LogP contribution in [0.5, 0.6) is 5.75 Å². The highest BCUT2D eigenvalue weighted by Gasteiger charge is 2.33. The van der Waals surface area contributed by atoms with E-state index in [9.17, 15) is 14.4 Å². The normalized spacial score (nSPS) is 15.1. The minimum Gasteiger partial charge on any atom is -0.497 e. The van der Waals surface area contributed by atoms with Crippen molar-refractivity contribution in [3.05, 3.63) is 109 Å². The molecular formula is C27H24N2O6S. The number of allylic oxidation sites excluding steroid dienone is 1. The maximum atomic E-state index is 13.6. The molecule has 0 saturated carbocycles. The van der Waals surface area contributed by atoms with Gasteiger partial charge in [-0.25, -0.2) is 14.6 Å². The average Bonchev–Trinajstić information content (AvgIpc) is 3.20. The molecule has 0 saturated heterocycles. The number of esters is 2. The Morgan fingerprint density at radius 3 is 2.39 bits per heavy atom. The summed E-state index contributed by atoms with van der Waals surface area (Å²) >= 11 is 1.22. The Morgan fingerprint density at radius 2 is 1.78 bits per heavy atom. The van der Waals surface area contributed by atoms with E-state index in [0.717, 1.165) is 5.56 Å². The first-order chi connectivity index (χ1) is 17.4. The van der Waals surface area contributed by atoms with Crippen LogP contribution in [0.25, 0.3) is 6.08 Å². The maximum Gasteiger partial charge on any atom is 0.338 e. The molecule has 0 fully saturated rings. The van der Waals surface area contributed by atoms with Gasteiger partial charge < -0.3 is 14.2 Å². The van der Waals surface area contributed by atoms with Crippen molar-refractivity contribution in [1.82, 2.24) is 4.57 Å². The Kier molecular flexibility index (Phi) is 7.30. The monoisotopic (exact) mass is 504 g/mol. The van der Waals surface area contributed by atoms with E-state index in [2.05, 4.69) is 11.6 Å². The molecule has 2 aromatic carbocycles. The highest BCUT2D eigenvalue weighted by molar-refractivity contribution is 7.07. The molecule has 3 aromatic rings. The number of rotatable bonds is 7. The molecule has 2 heterocycles. The number of thiazole rings is 1. The van der Waals surface area contributed by atoms with Gasteiger partial charge in [-0.3, -0.25) is 9.36 Å². The van der Waals surface area contributed by atoms with Crippen molar-refractivity contribution in [3.63, 3.8) is 0 Å². The van der Waals surface area contributed by atoms with Gasteiger partial charge in [0.1, 0.15) is 12.4 Å². The van der Waals surface area contributed by atoms with Gasteiger partial charge in [0.15, 0.2) is 4.80 Å². The zero-order valence-electron chi connectivity index (χ0n) is 20.0. The van der Waals surface area contributed by atoms with Gasteiger partial charge in [0.2, 0.25) is 0 Å². The second kappa shape index (κ2) is 10.6. The van der Waals surface area contributed by atoms with Gasteiger partial charge in [0, 0.05) is 0 Å². The van der Waals surface area contributed by atoms with E-state index < -0.39 is 18.0 Å². The molecule has 1 aliphatic heterocycles. The molecule has 1 atom stereocenters. The van der Waals surface area contributed by atoms with E-state index in [1.54, 1.807) is 56.5 Å². The van der Waals surface area contributed by atoms with Crippen LogP contribution in [0.4, 0.5) is 0 Å². The van der Waals surface area contributed by atoms with Gasteiger partial charge in [-0.15, -0.1) is 0 Å². The first-order valence-electron chi connectivity index (χ1n) is 11.0. The van der Waals surface area contributed by atoms with Gasteiger partial charge >= 0.3 is 11.9 Å². The zero-order valence-corrected chi connectivity index (χ0v) is 20.8. The van der Waals surface area contributed by atoms with E-state index in [4.69, 9.17) is 14.2 Å². The van der Waals surface area contributed by atoms with Gasteiger partial charge in [-0.1, -0.05) is 48.3 Å². The summed E-state index contributed by atoms with van der Waals surface area (Å²) in [5.41, 5.74) is 2.32. The molecule has 184 valence electrons. The van der Waals surface area contributed by atoms with Crippen LogP contribution in [-0.4, -0.2) is 37.3 Å². The molecule has 1 aromatic heterocycles. The van der Waals surface area contributed by atoms with Crippen molar-refractivity contribution in [2.75, 3.05) is 20.8 Å². The van der Waals surface area contributed by atoms with Crippen molar-refractivity contribution in [3.8, 4) is 5.75 Å². The SMILES string of the molecule is C=CCOC(=O)C1=C(C)N=c2s/c(=C\c3ccc(C(=O)OC)cc3)c(=O)n2C1c1ccc(OC)cc1. The summed E-state index contributed by atoms with van der Waals surface area (Å²) in [5.74, 6) is -0.352. The van der Waals surface area contributed by atoms with E-state index in [1.807, 2.05) is 12.1 Å². The van der Waals surface area contributed by atoms with Gasteiger partial charge in [0.25, 0.3) is 5.56 Å². The molecule has 0 aliphatic carbocycles. The number of methoxy groups -OCH3 is 2. The molecule has 0 radical (unpaired) electrons. The molecule has 0 spiro atoms. The average molecular weight is 505 g/mol. The summed E-state index contributed by atoms with van der Waals surface area (Å²) in [6.07, 6.45) is 3.21. The highest BCUT2D eigenvalue weighted by Crippen LogP contribution is 2.31. The van der Waals surface area contributed by atoms with Crippen LogP contribution >= 0.6 is 11.3 Å². The predicted molar refractivity (Wildman–Crippen MR) is 136 cm³/mol. The van der Waals surface area contributed by atoms with E-state index in [0.29, 0.717) is 31.9 Å². The number of hydrogen-bond donors (Lipinski definition) is 0. The highest BCUT2D eigenvalue weighted by atomic mass is 32.1. The predicted octanol–water partition coefficient (Wildman–Crippen LogP) is 2.76. The molecule has 9 heteroatoms. The summed E-state index contributed by atoms with van der Waals surface area (Å²) < 4.78 is 17.3. The lowest BCUT2D eigenvalue weighted by Gasteiger charge is -2.24. The second-order valence-electron chi connectivity index (χ2n) is 7.86. The van der Waals surface area contributed by atoms with Crippen LogP contribution in [0.15, 0.2) is 82.2 Å². The summed E-state index contributed by atoms with van der Waals surface area (Å²) in [5, 5.41) is 0. The molecule has 36 heavy (non-hydrogen) atoms. The first-order valence-corrected chi connectivity index (χ1v) is 11.8. The van der Waals surface area contributed by atoms with Crippen LogP contribution in [0.1, 0.15) is 34.5 Å². The second-order valence-corrected chi connectivity index (χ2v) is 8.86. The van der Waals surface area contributed by atoms with E-state index in [1.165, 1.54) is 29.1 Å². The number of nitrogens with zero attached hydrogens (tertiary/aromatic N) is 2. The van der Waals surface area contributed by atoms with Gasteiger partial charge in [-0.2, -0.15) is 0 Å². The van der Waals surface area contributed by atoms with Crippen molar-refractivity contribution >= 4 is 29.4 Å². The topological polar surface area (TPSA) is 96.2 Å². The summed E-state index contributed by atoms with van der Waals surface area (Å²) in [7, 11) is 2.89. The van der Waals surface area contributed by atoms with Crippen molar-refractivity contribution < 1.29 is 23.8 Å². The third-order valence-electron chi connectivity index (χ3n) is 5.63. The number of hydrogen-bond acceptors (Lipinski definition) is 8. The van der Waals surface area contributed by atoms with Crippen molar-refractivity contribution in [2.24, 2.45) is 4.99 Å². The number of ether oxygens (including phenoxy) is 3. The minimum absolute atomic E-state index is 0.0386. The molecule has 0 bridgehead atoms. The number of fused-ring (bicyclic) bond motifs is 1. The fraction of sp³-hybridized carbons (Fsp3) is 0.185. The Morgan fingerprint density at radius 1 is 1.08 bits per heavy atom. The number of carbonyl (C=O) groups excluding carboxylic acids is 2. The molecule has 4 rings (SSSR count). The quantitative estimate of drug-likeness (QED) is 0.363. The number of benzene rings is 2. The zero-order chi connectivity index (χ0) is 25.8. The van der Waals surface area contributed by atoms with Crippen LogP contribution in [-0.2, 0) is 14.3 Å². The molecular weight excluding hydrogens is 480 g/mol. The summed E-state index contributed by atoms with van der Waals surface area (Å²) in [4.78, 5) is 43.4. The number of carbonyl (C=O) groups is 2. The summed E-state index contributed by atoms with van der Waals surface area (Å²) in [6.45, 7) is 5.36. The van der Waals surface area contributed by atoms with E-state index in [-0.39, 0.29) is 17.7 Å². The fourth-order valence-corrected chi connectivity index (χ4v) is 4.93.